The topological polar surface area (TPSA) is 105 Å². The van der Waals surface area contributed by atoms with Gasteiger partial charge in [-0.1, -0.05) is 53.7 Å². The van der Waals surface area contributed by atoms with Gasteiger partial charge in [-0.2, -0.15) is 0 Å². The molecule has 8 heteroatoms. The van der Waals surface area contributed by atoms with Crippen LogP contribution in [0.1, 0.15) is 94.1 Å². The molecular weight excluding hydrogens is 488 g/mol. The first-order valence-electron chi connectivity index (χ1n) is 12.1. The maximum Gasteiger partial charge on any atom is 0.350 e. The molecule has 2 aliphatic heterocycles. The fraction of sp³-hybridized carbons (Fsp3) is 0.267. The predicted molar refractivity (Wildman–Crippen MR) is 136 cm³/mol. The third kappa shape index (κ3) is 4.32. The van der Waals surface area contributed by atoms with Crippen LogP contribution in [-0.2, 0) is 20.3 Å². The van der Waals surface area contributed by atoms with Crippen molar-refractivity contribution in [1.29, 1.82) is 0 Å². The molecule has 0 unspecified atom stereocenters. The highest BCUT2D eigenvalue weighted by Gasteiger charge is 2.35. The van der Waals surface area contributed by atoms with Gasteiger partial charge in [-0.05, 0) is 52.8 Å². The van der Waals surface area contributed by atoms with Crippen molar-refractivity contribution >= 4 is 23.9 Å². The molecule has 0 atom stereocenters. The zero-order valence-electron chi connectivity index (χ0n) is 21.9. The average molecular weight is 515 g/mol. The number of carbonyl (C=O) groups excluding carboxylic acids is 4. The Morgan fingerprint density at radius 2 is 1.26 bits per heavy atom. The van der Waals surface area contributed by atoms with Crippen LogP contribution in [0.2, 0.25) is 0 Å². The van der Waals surface area contributed by atoms with Crippen LogP contribution in [0.5, 0.6) is 23.0 Å². The molecule has 0 spiro atoms. The summed E-state index contributed by atoms with van der Waals surface area (Å²) in [6.07, 6.45) is 0. The van der Waals surface area contributed by atoms with Crippen LogP contribution in [0.25, 0.3) is 0 Å². The third-order valence-corrected chi connectivity index (χ3v) is 6.42. The van der Waals surface area contributed by atoms with Crippen LogP contribution >= 0.6 is 0 Å². The van der Waals surface area contributed by atoms with E-state index in [0.29, 0.717) is 17.2 Å². The largest absolute Gasteiger partial charge is 0.453 e. The average Bonchev–Trinajstić information content (AvgIpc) is 3.27. The first kappa shape index (κ1) is 25.2. The molecule has 38 heavy (non-hydrogen) atoms. The molecule has 5 rings (SSSR count). The first-order valence-corrected chi connectivity index (χ1v) is 12.1. The summed E-state index contributed by atoms with van der Waals surface area (Å²) in [5.74, 6) is -1.85. The van der Waals surface area contributed by atoms with Crippen LogP contribution < -0.4 is 9.47 Å². The van der Waals surface area contributed by atoms with Crippen molar-refractivity contribution in [1.82, 2.24) is 0 Å². The quantitative estimate of drug-likeness (QED) is 0.287. The molecule has 0 N–H and O–H groups in total. The smallest absolute Gasteiger partial charge is 0.350 e. The number of rotatable bonds is 4. The SMILES string of the molecule is CC(C)(C)c1cc(Oc2cccc3c2C(=O)OC3=O)c(Oc2ccc3c(c2)C(=O)OC3=O)c(C(C)(C)C)c1. The molecule has 0 radical (unpaired) electrons. The van der Waals surface area contributed by atoms with Crippen molar-refractivity contribution in [3.8, 4) is 23.0 Å². The zero-order chi connectivity index (χ0) is 27.6. The number of fused-ring (bicyclic) bond motifs is 2. The maximum atomic E-state index is 12.5. The van der Waals surface area contributed by atoms with Gasteiger partial charge in [0.05, 0.1) is 16.7 Å². The summed E-state index contributed by atoms with van der Waals surface area (Å²) in [6.45, 7) is 12.3. The second kappa shape index (κ2) is 8.55. The summed E-state index contributed by atoms with van der Waals surface area (Å²) in [6, 6.07) is 13.1. The second-order valence-electron chi connectivity index (χ2n) is 11.3. The number of ether oxygens (including phenoxy) is 4. The van der Waals surface area contributed by atoms with Gasteiger partial charge in [-0.15, -0.1) is 0 Å². The lowest BCUT2D eigenvalue weighted by molar-refractivity contribution is 0.0425. The van der Waals surface area contributed by atoms with Crippen LogP contribution in [0, 0.1) is 0 Å². The summed E-state index contributed by atoms with van der Waals surface area (Å²) in [4.78, 5) is 48.6. The molecule has 0 bridgehead atoms. The highest BCUT2D eigenvalue weighted by Crippen LogP contribution is 2.47. The fourth-order valence-corrected chi connectivity index (χ4v) is 4.32. The van der Waals surface area contributed by atoms with Crippen molar-refractivity contribution in [2.75, 3.05) is 0 Å². The van der Waals surface area contributed by atoms with Gasteiger partial charge >= 0.3 is 23.9 Å². The van der Waals surface area contributed by atoms with Crippen molar-refractivity contribution in [3.63, 3.8) is 0 Å². The van der Waals surface area contributed by atoms with E-state index in [4.69, 9.17) is 18.9 Å². The lowest BCUT2D eigenvalue weighted by Gasteiger charge is -2.29. The maximum absolute atomic E-state index is 12.5. The summed E-state index contributed by atoms with van der Waals surface area (Å²) < 4.78 is 22.2. The molecule has 0 fully saturated rings. The van der Waals surface area contributed by atoms with Gasteiger partial charge in [0.1, 0.15) is 17.1 Å². The molecule has 8 nitrogen and oxygen atoms in total. The second-order valence-corrected chi connectivity index (χ2v) is 11.3. The van der Waals surface area contributed by atoms with Crippen LogP contribution in [-0.4, -0.2) is 23.9 Å². The minimum Gasteiger partial charge on any atom is -0.453 e. The highest BCUT2D eigenvalue weighted by molar-refractivity contribution is 6.16. The molecule has 0 saturated carbocycles. The van der Waals surface area contributed by atoms with Crippen LogP contribution in [0.3, 0.4) is 0 Å². The lowest BCUT2D eigenvalue weighted by atomic mass is 9.80. The van der Waals surface area contributed by atoms with E-state index in [9.17, 15) is 19.2 Å². The van der Waals surface area contributed by atoms with Crippen LogP contribution in [0.15, 0.2) is 48.5 Å². The Morgan fingerprint density at radius 1 is 0.605 bits per heavy atom. The summed E-state index contributed by atoms with van der Waals surface area (Å²) in [7, 11) is 0. The van der Waals surface area contributed by atoms with E-state index >= 15 is 0 Å². The molecule has 3 aromatic carbocycles. The highest BCUT2D eigenvalue weighted by atomic mass is 16.6. The molecule has 2 heterocycles. The van der Waals surface area contributed by atoms with Gasteiger partial charge in [0, 0.05) is 5.56 Å². The Labute approximate surface area is 219 Å². The number of hydrogen-bond donors (Lipinski definition) is 0. The molecule has 0 saturated heterocycles. The molecular formula is C30H26O8. The molecule has 3 aromatic rings. The van der Waals surface area contributed by atoms with E-state index in [1.165, 1.54) is 18.2 Å². The van der Waals surface area contributed by atoms with Gasteiger partial charge in [-0.3, -0.25) is 0 Å². The Morgan fingerprint density at radius 3 is 1.95 bits per heavy atom. The van der Waals surface area contributed by atoms with Gasteiger partial charge in [0.25, 0.3) is 0 Å². The normalized spacial score (nSPS) is 14.7. The molecule has 0 amide bonds. The number of esters is 4. The Kier molecular flexibility index (Phi) is 5.67. The van der Waals surface area contributed by atoms with Gasteiger partial charge in [0.15, 0.2) is 11.5 Å². The summed E-state index contributed by atoms with van der Waals surface area (Å²) in [5, 5.41) is 0. The third-order valence-electron chi connectivity index (χ3n) is 6.42. The number of cyclic esters (lactones) is 4. The molecule has 194 valence electrons. The molecule has 2 aliphatic rings. The van der Waals surface area contributed by atoms with E-state index in [1.54, 1.807) is 18.2 Å². The van der Waals surface area contributed by atoms with Gasteiger partial charge in [-0.25, -0.2) is 19.2 Å². The van der Waals surface area contributed by atoms with E-state index in [0.717, 1.165) is 11.1 Å². The Hall–Kier alpha value is -4.46. The van der Waals surface area contributed by atoms with E-state index in [-0.39, 0.29) is 33.4 Å². The molecule has 0 aliphatic carbocycles. The summed E-state index contributed by atoms with van der Waals surface area (Å²) in [5.41, 5.74) is 1.54. The van der Waals surface area contributed by atoms with Crippen molar-refractivity contribution in [2.45, 2.75) is 52.4 Å². The van der Waals surface area contributed by atoms with E-state index < -0.39 is 29.3 Å². The minimum atomic E-state index is -0.784. The zero-order valence-corrected chi connectivity index (χ0v) is 21.9. The monoisotopic (exact) mass is 514 g/mol. The number of carbonyl (C=O) groups is 4. The van der Waals surface area contributed by atoms with Gasteiger partial charge < -0.3 is 18.9 Å². The standard InChI is InChI=1S/C30H26O8/c1-29(2,3)15-12-20(30(4,5)6)24(35-16-10-11-17-19(14-16)27(33)37-25(17)31)22(13-15)36-21-9-7-8-18-23(21)28(34)38-26(18)32/h7-14H,1-6H3. The van der Waals surface area contributed by atoms with E-state index in [1.807, 2.05) is 32.9 Å². The number of hydrogen-bond acceptors (Lipinski definition) is 8. The predicted octanol–water partition coefficient (Wildman–Crippen LogP) is 6.49. The Balaban J connectivity index is 1.69. The Bertz CT molecular complexity index is 1550. The lowest BCUT2D eigenvalue weighted by Crippen LogP contribution is -2.18. The van der Waals surface area contributed by atoms with Crippen molar-refractivity contribution in [3.05, 3.63) is 81.9 Å². The summed E-state index contributed by atoms with van der Waals surface area (Å²) >= 11 is 0. The fourth-order valence-electron chi connectivity index (χ4n) is 4.32. The molecule has 0 aromatic heterocycles. The number of benzene rings is 3. The van der Waals surface area contributed by atoms with Crippen LogP contribution in [0.4, 0.5) is 0 Å². The van der Waals surface area contributed by atoms with Gasteiger partial charge in [0.2, 0.25) is 0 Å². The minimum absolute atomic E-state index is 0.0423. The van der Waals surface area contributed by atoms with Crippen molar-refractivity contribution < 1.29 is 38.1 Å². The van der Waals surface area contributed by atoms with Crippen molar-refractivity contribution in [2.24, 2.45) is 0 Å². The first-order chi connectivity index (χ1) is 17.7. The van der Waals surface area contributed by atoms with E-state index in [2.05, 4.69) is 20.8 Å².